The zero-order chi connectivity index (χ0) is 15.4. The third-order valence-electron chi connectivity index (χ3n) is 3.36. The van der Waals surface area contributed by atoms with Crippen molar-refractivity contribution in [1.82, 2.24) is 4.90 Å². The van der Waals surface area contributed by atoms with Crippen LogP contribution in [0, 0.1) is 11.6 Å². The van der Waals surface area contributed by atoms with E-state index in [1.807, 2.05) is 0 Å². The van der Waals surface area contributed by atoms with Gasteiger partial charge in [0.1, 0.15) is 0 Å². The van der Waals surface area contributed by atoms with Crippen LogP contribution in [0.2, 0.25) is 0 Å². The molecule has 0 aliphatic carbocycles. The average Bonchev–Trinajstić information content (AvgIpc) is 2.87. The number of halogens is 2. The molecular weight excluding hydrogens is 300 g/mol. The first kappa shape index (κ1) is 15.8. The third kappa shape index (κ3) is 4.17. The molecule has 0 spiro atoms. The van der Waals surface area contributed by atoms with Gasteiger partial charge in [-0.2, -0.15) is 0 Å². The van der Waals surface area contributed by atoms with E-state index in [0.717, 1.165) is 30.3 Å². The van der Waals surface area contributed by atoms with Gasteiger partial charge in [0.2, 0.25) is 5.91 Å². The Labute approximate surface area is 125 Å². The standard InChI is InChI=1S/C14H15F2NO3S/c15-11-4-3-10(7-12(11)16)21-8-13(18)17-5-1-2-9(17)6-14(19)20/h3-4,7,9H,1-2,5-6,8H2,(H,19,20). The maximum Gasteiger partial charge on any atom is 0.305 e. The van der Waals surface area contributed by atoms with Gasteiger partial charge in [0.25, 0.3) is 0 Å². The molecule has 1 N–H and O–H groups in total. The van der Waals surface area contributed by atoms with Gasteiger partial charge in [0.15, 0.2) is 11.6 Å². The topological polar surface area (TPSA) is 57.6 Å². The van der Waals surface area contributed by atoms with Crippen LogP contribution in [0.1, 0.15) is 19.3 Å². The van der Waals surface area contributed by atoms with Gasteiger partial charge in [0, 0.05) is 17.5 Å². The molecule has 1 fully saturated rings. The Hall–Kier alpha value is -1.63. The second-order valence-corrected chi connectivity index (χ2v) is 5.89. The van der Waals surface area contributed by atoms with Crippen molar-refractivity contribution in [3.8, 4) is 0 Å². The number of nitrogens with zero attached hydrogens (tertiary/aromatic N) is 1. The average molecular weight is 315 g/mol. The Morgan fingerprint density at radius 1 is 1.33 bits per heavy atom. The molecule has 0 radical (unpaired) electrons. The highest BCUT2D eigenvalue weighted by atomic mass is 32.2. The van der Waals surface area contributed by atoms with Gasteiger partial charge in [-0.3, -0.25) is 9.59 Å². The first-order valence-electron chi connectivity index (χ1n) is 6.56. The molecular formula is C14H15F2NO3S. The van der Waals surface area contributed by atoms with E-state index in [9.17, 15) is 18.4 Å². The predicted octanol–water partition coefficient (Wildman–Crippen LogP) is 2.52. The van der Waals surface area contributed by atoms with E-state index in [1.54, 1.807) is 4.90 Å². The number of aliphatic carboxylic acids is 1. The molecule has 1 saturated heterocycles. The molecule has 4 nitrogen and oxygen atoms in total. The fraction of sp³-hybridized carbons (Fsp3) is 0.429. The number of carboxylic acid groups (broad SMARTS) is 1. The van der Waals surface area contributed by atoms with Crippen molar-refractivity contribution in [2.24, 2.45) is 0 Å². The molecule has 1 aromatic rings. The van der Waals surface area contributed by atoms with Gasteiger partial charge in [-0.1, -0.05) is 0 Å². The molecule has 1 heterocycles. The minimum absolute atomic E-state index is 0.0540. The molecule has 114 valence electrons. The lowest BCUT2D eigenvalue weighted by Crippen LogP contribution is -2.37. The van der Waals surface area contributed by atoms with Crippen LogP contribution in [-0.2, 0) is 9.59 Å². The van der Waals surface area contributed by atoms with E-state index in [4.69, 9.17) is 5.11 Å². The number of rotatable bonds is 5. The second kappa shape index (κ2) is 6.89. The summed E-state index contributed by atoms with van der Waals surface area (Å²) < 4.78 is 25.9. The number of amides is 1. The molecule has 2 rings (SSSR count). The number of benzene rings is 1. The molecule has 1 unspecified atom stereocenters. The molecule has 0 aromatic heterocycles. The van der Waals surface area contributed by atoms with E-state index < -0.39 is 17.6 Å². The van der Waals surface area contributed by atoms with Crippen LogP contribution in [0.25, 0.3) is 0 Å². The molecule has 1 atom stereocenters. The van der Waals surface area contributed by atoms with Crippen molar-refractivity contribution in [2.45, 2.75) is 30.2 Å². The summed E-state index contributed by atoms with van der Waals surface area (Å²) in [6.07, 6.45) is 1.43. The van der Waals surface area contributed by atoms with Crippen molar-refractivity contribution in [1.29, 1.82) is 0 Å². The second-order valence-electron chi connectivity index (χ2n) is 4.85. The lowest BCUT2D eigenvalue weighted by Gasteiger charge is -2.23. The normalized spacial score (nSPS) is 18.0. The van der Waals surface area contributed by atoms with E-state index in [-0.39, 0.29) is 24.1 Å². The summed E-state index contributed by atoms with van der Waals surface area (Å²) >= 11 is 1.11. The molecule has 21 heavy (non-hydrogen) atoms. The Kier molecular flexibility index (Phi) is 5.17. The molecule has 1 amide bonds. The van der Waals surface area contributed by atoms with Gasteiger partial charge in [0.05, 0.1) is 12.2 Å². The Balaban J connectivity index is 1.91. The Bertz CT molecular complexity index is 553. The predicted molar refractivity (Wildman–Crippen MR) is 74.1 cm³/mol. The van der Waals surface area contributed by atoms with Crippen LogP contribution in [0.15, 0.2) is 23.1 Å². The molecule has 0 bridgehead atoms. The Morgan fingerprint density at radius 2 is 2.10 bits per heavy atom. The summed E-state index contributed by atoms with van der Waals surface area (Å²) in [7, 11) is 0. The van der Waals surface area contributed by atoms with Crippen molar-refractivity contribution >= 4 is 23.6 Å². The summed E-state index contributed by atoms with van der Waals surface area (Å²) in [6.45, 7) is 0.551. The fourth-order valence-corrected chi connectivity index (χ4v) is 3.18. The third-order valence-corrected chi connectivity index (χ3v) is 4.34. The first-order chi connectivity index (χ1) is 9.97. The minimum Gasteiger partial charge on any atom is -0.481 e. The lowest BCUT2D eigenvalue weighted by atomic mass is 10.1. The SMILES string of the molecule is O=C(O)CC1CCCN1C(=O)CSc1ccc(F)c(F)c1. The molecule has 1 aromatic carbocycles. The van der Waals surface area contributed by atoms with E-state index in [0.29, 0.717) is 17.9 Å². The number of hydrogen-bond acceptors (Lipinski definition) is 3. The highest BCUT2D eigenvalue weighted by Gasteiger charge is 2.30. The zero-order valence-corrected chi connectivity index (χ0v) is 12.0. The number of carboxylic acids is 1. The van der Waals surface area contributed by atoms with E-state index in [1.165, 1.54) is 6.07 Å². The first-order valence-corrected chi connectivity index (χ1v) is 7.55. The van der Waals surface area contributed by atoms with Gasteiger partial charge >= 0.3 is 5.97 Å². The van der Waals surface area contributed by atoms with Crippen LogP contribution in [0.4, 0.5) is 8.78 Å². The molecule has 1 aliphatic heterocycles. The van der Waals surface area contributed by atoms with Gasteiger partial charge in [-0.05, 0) is 31.0 Å². The highest BCUT2D eigenvalue weighted by molar-refractivity contribution is 8.00. The molecule has 7 heteroatoms. The van der Waals surface area contributed by atoms with Crippen molar-refractivity contribution in [3.63, 3.8) is 0 Å². The van der Waals surface area contributed by atoms with Crippen molar-refractivity contribution < 1.29 is 23.5 Å². The fourth-order valence-electron chi connectivity index (χ4n) is 2.37. The van der Waals surface area contributed by atoms with Crippen molar-refractivity contribution in [2.75, 3.05) is 12.3 Å². The number of thioether (sulfide) groups is 1. The van der Waals surface area contributed by atoms with Crippen LogP contribution in [0.3, 0.4) is 0 Å². The maximum atomic E-state index is 13.1. The smallest absolute Gasteiger partial charge is 0.305 e. The van der Waals surface area contributed by atoms with E-state index in [2.05, 4.69) is 0 Å². The van der Waals surface area contributed by atoms with Crippen LogP contribution in [-0.4, -0.2) is 40.2 Å². The molecule has 1 aliphatic rings. The summed E-state index contributed by atoms with van der Waals surface area (Å²) in [5.41, 5.74) is 0. The van der Waals surface area contributed by atoms with Crippen LogP contribution in [0.5, 0.6) is 0 Å². The number of carbonyl (C=O) groups excluding carboxylic acids is 1. The van der Waals surface area contributed by atoms with Crippen LogP contribution < -0.4 is 0 Å². The van der Waals surface area contributed by atoms with E-state index >= 15 is 0 Å². The quantitative estimate of drug-likeness (QED) is 0.848. The van der Waals surface area contributed by atoms with Crippen molar-refractivity contribution in [3.05, 3.63) is 29.8 Å². The largest absolute Gasteiger partial charge is 0.481 e. The number of carbonyl (C=O) groups is 2. The lowest BCUT2D eigenvalue weighted by molar-refractivity contribution is -0.139. The minimum atomic E-state index is -0.947. The monoisotopic (exact) mass is 315 g/mol. The van der Waals surface area contributed by atoms with Gasteiger partial charge in [-0.15, -0.1) is 11.8 Å². The van der Waals surface area contributed by atoms with Gasteiger partial charge in [-0.25, -0.2) is 8.78 Å². The summed E-state index contributed by atoms with van der Waals surface area (Å²) in [6, 6.07) is 3.22. The maximum absolute atomic E-state index is 13.1. The number of likely N-dealkylation sites (tertiary alicyclic amines) is 1. The summed E-state index contributed by atoms with van der Waals surface area (Å²) in [5.74, 6) is -2.88. The van der Waals surface area contributed by atoms with Crippen LogP contribution >= 0.6 is 11.8 Å². The van der Waals surface area contributed by atoms with Gasteiger partial charge < -0.3 is 10.0 Å². The Morgan fingerprint density at radius 3 is 2.76 bits per heavy atom. The number of hydrogen-bond donors (Lipinski definition) is 1. The highest BCUT2D eigenvalue weighted by Crippen LogP contribution is 2.24. The summed E-state index contributed by atoms with van der Waals surface area (Å²) in [4.78, 5) is 24.9. The summed E-state index contributed by atoms with van der Waals surface area (Å²) in [5, 5.41) is 8.82. The molecule has 0 saturated carbocycles. The zero-order valence-electron chi connectivity index (χ0n) is 11.2.